The van der Waals surface area contributed by atoms with E-state index in [1.807, 2.05) is 25.1 Å². The normalized spacial score (nSPS) is 16.6. The van der Waals surface area contributed by atoms with Crippen molar-refractivity contribution in [2.45, 2.75) is 30.7 Å². The van der Waals surface area contributed by atoms with Crippen LogP contribution in [0, 0.1) is 6.92 Å². The summed E-state index contributed by atoms with van der Waals surface area (Å²) < 4.78 is 38.9. The van der Waals surface area contributed by atoms with Crippen LogP contribution in [-0.2, 0) is 21.2 Å². The number of fused-ring (bicyclic) bond motifs is 1. The molecule has 1 aliphatic rings. The molecule has 0 spiro atoms. The third-order valence-corrected chi connectivity index (χ3v) is 5.90. The zero-order valence-corrected chi connectivity index (χ0v) is 15.3. The maximum Gasteiger partial charge on any atom is 0.241 e. The molecule has 6 heteroatoms. The zero-order chi connectivity index (χ0) is 17.9. The zero-order valence-electron chi connectivity index (χ0n) is 14.5. The lowest BCUT2D eigenvalue weighted by Crippen LogP contribution is -2.27. The van der Waals surface area contributed by atoms with Gasteiger partial charge in [0.25, 0.3) is 0 Å². The van der Waals surface area contributed by atoms with Gasteiger partial charge < -0.3 is 9.47 Å². The average molecular weight is 361 g/mol. The fraction of sp³-hybridized carbons (Fsp3) is 0.368. The summed E-state index contributed by atoms with van der Waals surface area (Å²) in [5.41, 5.74) is 3.07. The summed E-state index contributed by atoms with van der Waals surface area (Å²) in [5.74, 6) is 0.669. The Labute approximate surface area is 149 Å². The minimum Gasteiger partial charge on any atom is -0.491 e. The monoisotopic (exact) mass is 361 g/mol. The van der Waals surface area contributed by atoms with Gasteiger partial charge in [0.15, 0.2) is 0 Å². The maximum atomic E-state index is 12.7. The Morgan fingerprint density at radius 2 is 1.96 bits per heavy atom. The largest absolute Gasteiger partial charge is 0.491 e. The van der Waals surface area contributed by atoms with Crippen LogP contribution in [0.25, 0.3) is 0 Å². The molecule has 25 heavy (non-hydrogen) atoms. The van der Waals surface area contributed by atoms with Crippen LogP contribution >= 0.6 is 0 Å². The number of hydrogen-bond donors (Lipinski definition) is 1. The van der Waals surface area contributed by atoms with Crippen molar-refractivity contribution in [2.75, 3.05) is 20.3 Å². The van der Waals surface area contributed by atoms with Gasteiger partial charge in [0, 0.05) is 13.2 Å². The Morgan fingerprint density at radius 3 is 2.72 bits per heavy atom. The molecule has 0 amide bonds. The molecule has 5 nitrogen and oxygen atoms in total. The lowest BCUT2D eigenvalue weighted by molar-refractivity contribution is 0.146. The van der Waals surface area contributed by atoms with Crippen LogP contribution < -0.4 is 9.46 Å². The summed E-state index contributed by atoms with van der Waals surface area (Å²) >= 11 is 0. The van der Waals surface area contributed by atoms with Crippen LogP contribution in [0.15, 0.2) is 47.4 Å². The summed E-state index contributed by atoms with van der Waals surface area (Å²) in [6, 6.07) is 12.7. The van der Waals surface area contributed by atoms with Crippen molar-refractivity contribution in [3.05, 3.63) is 59.2 Å². The third-order valence-electron chi connectivity index (χ3n) is 4.43. The van der Waals surface area contributed by atoms with E-state index in [0.717, 1.165) is 24.0 Å². The van der Waals surface area contributed by atoms with E-state index in [1.54, 1.807) is 25.3 Å². The molecule has 1 aliphatic carbocycles. The van der Waals surface area contributed by atoms with Crippen molar-refractivity contribution < 1.29 is 17.9 Å². The molecule has 2 aromatic rings. The average Bonchev–Trinajstić information content (AvgIpc) is 2.99. The van der Waals surface area contributed by atoms with E-state index in [1.165, 1.54) is 5.56 Å². The van der Waals surface area contributed by atoms with E-state index in [4.69, 9.17) is 9.47 Å². The van der Waals surface area contributed by atoms with E-state index in [-0.39, 0.29) is 10.9 Å². The summed E-state index contributed by atoms with van der Waals surface area (Å²) in [7, 11) is -1.97. The van der Waals surface area contributed by atoms with Crippen LogP contribution in [-0.4, -0.2) is 28.7 Å². The summed E-state index contributed by atoms with van der Waals surface area (Å²) in [5, 5.41) is 0. The first kappa shape index (κ1) is 17.9. The van der Waals surface area contributed by atoms with Gasteiger partial charge in [-0.05, 0) is 54.7 Å². The molecular weight excluding hydrogens is 338 g/mol. The minimum absolute atomic E-state index is 0.167. The molecule has 0 saturated carbocycles. The van der Waals surface area contributed by atoms with E-state index in [2.05, 4.69) is 10.8 Å². The predicted octanol–water partition coefficient (Wildman–Crippen LogP) is 2.99. The molecule has 134 valence electrons. The smallest absolute Gasteiger partial charge is 0.241 e. The number of benzene rings is 2. The topological polar surface area (TPSA) is 64.6 Å². The molecule has 0 saturated heterocycles. The highest BCUT2D eigenvalue weighted by Gasteiger charge is 2.27. The van der Waals surface area contributed by atoms with Crippen molar-refractivity contribution in [1.29, 1.82) is 0 Å². The first-order chi connectivity index (χ1) is 12.0. The lowest BCUT2D eigenvalue weighted by atomic mass is 10.1. The van der Waals surface area contributed by atoms with Gasteiger partial charge >= 0.3 is 0 Å². The van der Waals surface area contributed by atoms with E-state index in [9.17, 15) is 8.42 Å². The quantitative estimate of drug-likeness (QED) is 0.770. The van der Waals surface area contributed by atoms with E-state index >= 15 is 0 Å². The number of aryl methyl sites for hydroxylation is 2. The van der Waals surface area contributed by atoms with Gasteiger partial charge in [-0.1, -0.05) is 24.3 Å². The van der Waals surface area contributed by atoms with Gasteiger partial charge in [0.2, 0.25) is 10.0 Å². The Bertz CT molecular complexity index is 848. The maximum absolute atomic E-state index is 12.7. The number of sulfonamides is 1. The number of rotatable bonds is 7. The van der Waals surface area contributed by atoms with Crippen LogP contribution in [0.3, 0.4) is 0 Å². The van der Waals surface area contributed by atoms with E-state index < -0.39 is 10.0 Å². The molecule has 3 rings (SSSR count). The summed E-state index contributed by atoms with van der Waals surface area (Å²) in [4.78, 5) is 0.258. The van der Waals surface area contributed by atoms with Gasteiger partial charge in [-0.3, -0.25) is 0 Å². The summed E-state index contributed by atoms with van der Waals surface area (Å²) in [6.07, 6.45) is 1.68. The van der Waals surface area contributed by atoms with Crippen molar-refractivity contribution in [2.24, 2.45) is 0 Å². The van der Waals surface area contributed by atoms with Gasteiger partial charge in [-0.25, -0.2) is 13.1 Å². The lowest BCUT2D eigenvalue weighted by Gasteiger charge is -2.16. The highest BCUT2D eigenvalue weighted by molar-refractivity contribution is 7.89. The molecule has 2 aromatic carbocycles. The molecule has 1 N–H and O–H groups in total. The highest BCUT2D eigenvalue weighted by Crippen LogP contribution is 2.32. The van der Waals surface area contributed by atoms with Crippen LogP contribution in [0.1, 0.15) is 29.2 Å². The second-order valence-electron chi connectivity index (χ2n) is 6.18. The molecule has 0 aromatic heterocycles. The fourth-order valence-electron chi connectivity index (χ4n) is 3.12. The molecule has 0 heterocycles. The van der Waals surface area contributed by atoms with Crippen LogP contribution in [0.2, 0.25) is 0 Å². The number of nitrogens with one attached hydrogen (secondary N) is 1. The number of ether oxygens (including phenoxy) is 2. The fourth-order valence-corrected chi connectivity index (χ4v) is 4.46. The van der Waals surface area contributed by atoms with Crippen LogP contribution in [0.5, 0.6) is 5.75 Å². The van der Waals surface area contributed by atoms with Gasteiger partial charge in [0.1, 0.15) is 12.4 Å². The highest BCUT2D eigenvalue weighted by atomic mass is 32.2. The van der Waals surface area contributed by atoms with Crippen molar-refractivity contribution in [3.63, 3.8) is 0 Å². The van der Waals surface area contributed by atoms with Gasteiger partial charge in [-0.2, -0.15) is 0 Å². The molecule has 0 radical (unpaired) electrons. The minimum atomic E-state index is -3.58. The Hall–Kier alpha value is -1.89. The van der Waals surface area contributed by atoms with Gasteiger partial charge in [-0.15, -0.1) is 0 Å². The molecule has 0 fully saturated rings. The molecule has 0 aliphatic heterocycles. The predicted molar refractivity (Wildman–Crippen MR) is 96.4 cm³/mol. The second-order valence-corrected chi connectivity index (χ2v) is 7.89. The molecule has 1 unspecified atom stereocenters. The summed E-state index contributed by atoms with van der Waals surface area (Å²) in [6.45, 7) is 2.76. The van der Waals surface area contributed by atoms with Crippen molar-refractivity contribution in [3.8, 4) is 5.75 Å². The molecule has 0 bridgehead atoms. The van der Waals surface area contributed by atoms with Crippen molar-refractivity contribution in [1.82, 2.24) is 4.72 Å². The SMILES string of the molecule is COCCOc1ccc(S(=O)(=O)NC2CCc3ccccc32)cc1C. The Kier molecular flexibility index (Phi) is 5.42. The first-order valence-corrected chi connectivity index (χ1v) is 9.82. The Balaban J connectivity index is 1.76. The molecular formula is C19H23NO4S. The van der Waals surface area contributed by atoms with E-state index in [0.29, 0.717) is 19.0 Å². The molecule has 1 atom stereocenters. The third kappa shape index (κ3) is 4.03. The van der Waals surface area contributed by atoms with Gasteiger partial charge in [0.05, 0.1) is 11.5 Å². The first-order valence-electron chi connectivity index (χ1n) is 8.34. The number of methoxy groups -OCH3 is 1. The standard InChI is InChI=1S/C19H23NO4S/c1-14-13-16(8-10-19(14)24-12-11-23-2)25(21,22)20-18-9-7-15-5-3-4-6-17(15)18/h3-6,8,10,13,18,20H,7,9,11-12H2,1-2H3. The van der Waals surface area contributed by atoms with Crippen molar-refractivity contribution >= 4 is 10.0 Å². The Morgan fingerprint density at radius 1 is 1.16 bits per heavy atom. The number of hydrogen-bond acceptors (Lipinski definition) is 4. The second kappa shape index (κ2) is 7.56. The van der Waals surface area contributed by atoms with Crippen LogP contribution in [0.4, 0.5) is 0 Å².